The number of nitrogens with one attached hydrogen (secondary N) is 1. The molecule has 6 heteroatoms. The molecule has 1 fully saturated rings. The van der Waals surface area contributed by atoms with Crippen LogP contribution in [0.4, 0.5) is 10.1 Å². The van der Waals surface area contributed by atoms with Crippen molar-refractivity contribution in [3.05, 3.63) is 65.5 Å². The summed E-state index contributed by atoms with van der Waals surface area (Å²) in [7, 11) is 0. The standard InChI is InChI=1S/C21H26FN3O.ClH/c1-14-8-9-18(22)10-20(14)24-21(26)15(2)25-12-17(11-23)19(13-25)16-6-4-3-5-7-16;/h3-10,15,17,19H,11-13,23H2,1-2H3,(H,24,26);1H/t15?,17-,19+;/m1./s1. The number of carbonyl (C=O) groups is 1. The van der Waals surface area contributed by atoms with Crippen molar-refractivity contribution < 1.29 is 9.18 Å². The van der Waals surface area contributed by atoms with Crippen LogP contribution in [0.3, 0.4) is 0 Å². The highest BCUT2D eigenvalue weighted by molar-refractivity contribution is 5.95. The van der Waals surface area contributed by atoms with E-state index >= 15 is 0 Å². The molecular weight excluding hydrogens is 365 g/mol. The lowest BCUT2D eigenvalue weighted by molar-refractivity contribution is -0.120. The highest BCUT2D eigenvalue weighted by Crippen LogP contribution is 2.33. The summed E-state index contributed by atoms with van der Waals surface area (Å²) < 4.78 is 13.5. The van der Waals surface area contributed by atoms with Crippen LogP contribution in [0.2, 0.25) is 0 Å². The number of nitrogens with two attached hydrogens (primary N) is 1. The smallest absolute Gasteiger partial charge is 0.241 e. The monoisotopic (exact) mass is 391 g/mol. The third kappa shape index (κ3) is 4.86. The van der Waals surface area contributed by atoms with Crippen LogP contribution >= 0.6 is 12.4 Å². The molecule has 1 saturated heterocycles. The number of aryl methyl sites for hydroxylation is 1. The van der Waals surface area contributed by atoms with Gasteiger partial charge in [0.25, 0.3) is 0 Å². The minimum Gasteiger partial charge on any atom is -0.330 e. The van der Waals surface area contributed by atoms with Crippen molar-refractivity contribution in [2.75, 3.05) is 25.0 Å². The summed E-state index contributed by atoms with van der Waals surface area (Å²) in [6.07, 6.45) is 0. The Labute approximate surface area is 166 Å². The highest BCUT2D eigenvalue weighted by atomic mass is 35.5. The van der Waals surface area contributed by atoms with Gasteiger partial charge in [-0.25, -0.2) is 4.39 Å². The average molecular weight is 392 g/mol. The van der Waals surface area contributed by atoms with Crippen LogP contribution in [0.25, 0.3) is 0 Å². The van der Waals surface area contributed by atoms with Crippen molar-refractivity contribution in [2.45, 2.75) is 25.8 Å². The molecule has 1 aliphatic rings. The highest BCUT2D eigenvalue weighted by Gasteiger charge is 2.36. The van der Waals surface area contributed by atoms with Crippen molar-refractivity contribution in [1.29, 1.82) is 0 Å². The number of anilines is 1. The van der Waals surface area contributed by atoms with Crippen LogP contribution in [0.5, 0.6) is 0 Å². The molecule has 0 saturated carbocycles. The van der Waals surface area contributed by atoms with E-state index in [1.54, 1.807) is 6.07 Å². The molecule has 1 unspecified atom stereocenters. The number of amides is 1. The molecule has 2 aromatic carbocycles. The second-order valence-electron chi connectivity index (χ2n) is 7.09. The molecule has 1 amide bonds. The average Bonchev–Trinajstić information content (AvgIpc) is 3.09. The van der Waals surface area contributed by atoms with Gasteiger partial charge in [0.05, 0.1) is 6.04 Å². The maximum absolute atomic E-state index is 13.5. The summed E-state index contributed by atoms with van der Waals surface area (Å²) in [5, 5.41) is 2.86. The fourth-order valence-corrected chi connectivity index (χ4v) is 3.67. The first-order chi connectivity index (χ1) is 12.5. The second kappa shape index (κ2) is 9.31. The first kappa shape index (κ1) is 21.4. The Hall–Kier alpha value is -1.95. The molecule has 146 valence electrons. The Morgan fingerprint density at radius 3 is 2.63 bits per heavy atom. The Morgan fingerprint density at radius 1 is 1.26 bits per heavy atom. The number of halogens is 2. The van der Waals surface area contributed by atoms with Crippen LogP contribution in [0.15, 0.2) is 48.5 Å². The first-order valence-electron chi connectivity index (χ1n) is 9.05. The van der Waals surface area contributed by atoms with E-state index in [-0.39, 0.29) is 30.2 Å². The third-order valence-corrected chi connectivity index (χ3v) is 5.38. The zero-order chi connectivity index (χ0) is 18.7. The molecule has 2 aromatic rings. The lowest BCUT2D eigenvalue weighted by Gasteiger charge is -2.24. The zero-order valence-corrected chi connectivity index (χ0v) is 16.5. The van der Waals surface area contributed by atoms with Gasteiger partial charge in [0.15, 0.2) is 0 Å². The van der Waals surface area contributed by atoms with Gasteiger partial charge in [-0.15, -0.1) is 12.4 Å². The number of benzene rings is 2. The Bertz CT molecular complexity index is 771. The van der Waals surface area contributed by atoms with Gasteiger partial charge in [0.1, 0.15) is 5.82 Å². The molecule has 0 spiro atoms. The van der Waals surface area contributed by atoms with E-state index < -0.39 is 0 Å². The predicted molar refractivity (Wildman–Crippen MR) is 110 cm³/mol. The van der Waals surface area contributed by atoms with Gasteiger partial charge in [-0.3, -0.25) is 9.69 Å². The minimum atomic E-state index is -0.355. The largest absolute Gasteiger partial charge is 0.330 e. The quantitative estimate of drug-likeness (QED) is 0.819. The van der Waals surface area contributed by atoms with Crippen molar-refractivity contribution >= 4 is 24.0 Å². The molecule has 3 rings (SSSR count). The van der Waals surface area contributed by atoms with Gasteiger partial charge < -0.3 is 11.1 Å². The summed E-state index contributed by atoms with van der Waals surface area (Å²) >= 11 is 0. The summed E-state index contributed by atoms with van der Waals surface area (Å²) in [5.41, 5.74) is 8.62. The lowest BCUT2D eigenvalue weighted by Crippen LogP contribution is -2.41. The van der Waals surface area contributed by atoms with Crippen molar-refractivity contribution in [1.82, 2.24) is 4.90 Å². The van der Waals surface area contributed by atoms with Crippen molar-refractivity contribution in [2.24, 2.45) is 11.7 Å². The maximum atomic E-state index is 13.5. The molecule has 1 aliphatic heterocycles. The van der Waals surface area contributed by atoms with E-state index in [0.717, 1.165) is 18.7 Å². The minimum absolute atomic E-state index is 0. The number of rotatable bonds is 5. The van der Waals surface area contributed by atoms with E-state index in [2.05, 4.69) is 22.3 Å². The predicted octanol–water partition coefficient (Wildman–Crippen LogP) is 3.56. The third-order valence-electron chi connectivity index (χ3n) is 5.38. The molecular formula is C21H27ClFN3O. The fourth-order valence-electron chi connectivity index (χ4n) is 3.67. The normalized spacial score (nSPS) is 20.7. The van der Waals surface area contributed by atoms with E-state index in [9.17, 15) is 9.18 Å². The number of hydrogen-bond donors (Lipinski definition) is 2. The second-order valence-corrected chi connectivity index (χ2v) is 7.09. The van der Waals surface area contributed by atoms with E-state index in [4.69, 9.17) is 5.73 Å². The molecule has 4 nitrogen and oxygen atoms in total. The molecule has 3 atom stereocenters. The SMILES string of the molecule is Cc1ccc(F)cc1NC(=O)C(C)N1C[C@@H](CN)[C@H](c2ccccc2)C1.Cl. The van der Waals surface area contributed by atoms with E-state index in [1.807, 2.05) is 32.0 Å². The van der Waals surface area contributed by atoms with Crippen molar-refractivity contribution in [3.63, 3.8) is 0 Å². The van der Waals surface area contributed by atoms with Crippen LogP contribution in [0, 0.1) is 18.7 Å². The summed E-state index contributed by atoms with van der Waals surface area (Å²) in [4.78, 5) is 14.9. The van der Waals surface area contributed by atoms with Crippen LogP contribution in [-0.4, -0.2) is 36.5 Å². The van der Waals surface area contributed by atoms with Crippen LogP contribution in [-0.2, 0) is 4.79 Å². The lowest BCUT2D eigenvalue weighted by atomic mass is 9.89. The number of carbonyl (C=O) groups excluding carboxylic acids is 1. The molecule has 27 heavy (non-hydrogen) atoms. The zero-order valence-electron chi connectivity index (χ0n) is 15.7. The van der Waals surface area contributed by atoms with Gasteiger partial charge >= 0.3 is 0 Å². The maximum Gasteiger partial charge on any atom is 0.241 e. The first-order valence-corrected chi connectivity index (χ1v) is 9.05. The fraction of sp³-hybridized carbons (Fsp3) is 0.381. The van der Waals surface area contributed by atoms with Crippen LogP contribution in [0.1, 0.15) is 24.0 Å². The van der Waals surface area contributed by atoms with E-state index in [1.165, 1.54) is 17.7 Å². The molecule has 1 heterocycles. The topological polar surface area (TPSA) is 58.4 Å². The van der Waals surface area contributed by atoms with Gasteiger partial charge in [0, 0.05) is 24.7 Å². The van der Waals surface area contributed by atoms with Gasteiger partial charge in [-0.1, -0.05) is 36.4 Å². The van der Waals surface area contributed by atoms with Crippen LogP contribution < -0.4 is 11.1 Å². The Morgan fingerprint density at radius 2 is 1.96 bits per heavy atom. The van der Waals surface area contributed by atoms with Gasteiger partial charge in [-0.2, -0.15) is 0 Å². The number of likely N-dealkylation sites (tertiary alicyclic amines) is 1. The molecule has 3 N–H and O–H groups in total. The van der Waals surface area contributed by atoms with Gasteiger partial charge in [-0.05, 0) is 49.6 Å². The molecule has 0 radical (unpaired) electrons. The number of nitrogens with zero attached hydrogens (tertiary/aromatic N) is 1. The molecule has 0 aliphatic carbocycles. The number of hydrogen-bond acceptors (Lipinski definition) is 3. The molecule has 0 aromatic heterocycles. The summed E-state index contributed by atoms with van der Waals surface area (Å²) in [6, 6.07) is 14.4. The van der Waals surface area contributed by atoms with E-state index in [0.29, 0.717) is 24.1 Å². The Kier molecular flexibility index (Phi) is 7.36. The summed E-state index contributed by atoms with van der Waals surface area (Å²) in [6.45, 7) is 5.92. The summed E-state index contributed by atoms with van der Waals surface area (Å²) in [5.74, 6) is 0.172. The molecule has 0 bridgehead atoms. The Balaban J connectivity index is 0.00000261. The van der Waals surface area contributed by atoms with Gasteiger partial charge in [0.2, 0.25) is 5.91 Å². The van der Waals surface area contributed by atoms with Crippen molar-refractivity contribution in [3.8, 4) is 0 Å².